The number of aromatic nitrogens is 4. The Hall–Kier alpha value is -1.39. The predicted octanol–water partition coefficient (Wildman–Crippen LogP) is 3.87. The highest BCUT2D eigenvalue weighted by atomic mass is 79.9. The number of rotatable bonds is 1. The Kier molecular flexibility index (Phi) is 3.34. The molecule has 3 aromatic rings. The van der Waals surface area contributed by atoms with Crippen LogP contribution in [0, 0.1) is 0 Å². The summed E-state index contributed by atoms with van der Waals surface area (Å²) in [5, 5.41) is 11.1. The first-order chi connectivity index (χ1) is 9.77. The molecule has 0 aliphatic heterocycles. The molecule has 0 aliphatic carbocycles. The summed E-state index contributed by atoms with van der Waals surface area (Å²) in [6.07, 6.45) is -4.63. The normalized spacial score (nSPS) is 12.2. The topological polar surface area (TPSA) is 69.1 Å². The zero-order valence-electron chi connectivity index (χ0n) is 9.82. The minimum absolute atomic E-state index is 0.0211. The first-order valence-electron chi connectivity index (χ1n) is 5.31. The van der Waals surface area contributed by atoms with E-state index in [1.165, 1.54) is 6.07 Å². The molecule has 0 atom stereocenters. The van der Waals surface area contributed by atoms with Gasteiger partial charge in [-0.1, -0.05) is 22.9 Å². The van der Waals surface area contributed by atoms with Crippen molar-refractivity contribution in [2.24, 2.45) is 0 Å². The number of benzene rings is 1. The van der Waals surface area contributed by atoms with Crippen LogP contribution >= 0.6 is 38.9 Å². The summed E-state index contributed by atoms with van der Waals surface area (Å²) in [6, 6.07) is 3.11. The fourth-order valence-electron chi connectivity index (χ4n) is 1.66. The van der Waals surface area contributed by atoms with Gasteiger partial charge in [-0.25, -0.2) is 0 Å². The van der Waals surface area contributed by atoms with Crippen molar-refractivity contribution < 1.29 is 13.2 Å². The lowest BCUT2D eigenvalue weighted by Gasteiger charge is -2.05. The molecule has 0 spiro atoms. The monoisotopic (exact) mass is 397 g/mol. The number of hydrogen-bond donors (Lipinski definition) is 1. The predicted molar refractivity (Wildman–Crippen MR) is 76.2 cm³/mol. The molecule has 21 heavy (non-hydrogen) atoms. The van der Waals surface area contributed by atoms with E-state index >= 15 is 0 Å². The number of fused-ring (bicyclic) bond motifs is 1. The second-order valence-electron chi connectivity index (χ2n) is 3.97. The fourth-order valence-corrected chi connectivity index (χ4v) is 3.34. The Labute approximate surface area is 132 Å². The van der Waals surface area contributed by atoms with Crippen LogP contribution in [0.25, 0.3) is 15.5 Å². The SMILES string of the molecule is Nc1c(Br)cc(Cl)cc1-c1nn2c(C(F)(F)F)nnc2s1. The third kappa shape index (κ3) is 2.47. The summed E-state index contributed by atoms with van der Waals surface area (Å²) >= 11 is 10.1. The Balaban J connectivity index is 2.21. The minimum atomic E-state index is -4.63. The Bertz CT molecular complexity index is 843. The van der Waals surface area contributed by atoms with Crippen LogP contribution in [0.3, 0.4) is 0 Å². The van der Waals surface area contributed by atoms with Gasteiger partial charge in [0, 0.05) is 15.1 Å². The number of halogens is 5. The summed E-state index contributed by atoms with van der Waals surface area (Å²) in [5.74, 6) is -1.18. The molecule has 1 aromatic carbocycles. The molecule has 2 aromatic heterocycles. The maximum Gasteiger partial charge on any atom is 0.453 e. The van der Waals surface area contributed by atoms with Gasteiger partial charge in [0.1, 0.15) is 5.01 Å². The van der Waals surface area contributed by atoms with Gasteiger partial charge in [0.2, 0.25) is 4.96 Å². The van der Waals surface area contributed by atoms with Crippen LogP contribution in [0.5, 0.6) is 0 Å². The molecule has 0 radical (unpaired) electrons. The van der Waals surface area contributed by atoms with Gasteiger partial charge in [0.25, 0.3) is 5.82 Å². The van der Waals surface area contributed by atoms with Crippen molar-refractivity contribution >= 4 is 49.5 Å². The smallest absolute Gasteiger partial charge is 0.397 e. The highest BCUT2D eigenvalue weighted by molar-refractivity contribution is 9.10. The highest BCUT2D eigenvalue weighted by Gasteiger charge is 2.38. The second-order valence-corrected chi connectivity index (χ2v) is 6.22. The van der Waals surface area contributed by atoms with E-state index in [9.17, 15) is 13.2 Å². The molecule has 0 aliphatic rings. The zero-order chi connectivity index (χ0) is 15.4. The molecule has 0 amide bonds. The molecule has 3 rings (SSSR count). The van der Waals surface area contributed by atoms with Crippen molar-refractivity contribution in [3.05, 3.63) is 27.5 Å². The van der Waals surface area contributed by atoms with Crippen LogP contribution in [0.1, 0.15) is 5.82 Å². The number of nitrogens with zero attached hydrogens (tertiary/aromatic N) is 4. The fraction of sp³-hybridized carbons (Fsp3) is 0.100. The zero-order valence-corrected chi connectivity index (χ0v) is 13.0. The largest absolute Gasteiger partial charge is 0.453 e. The summed E-state index contributed by atoms with van der Waals surface area (Å²) in [5.41, 5.74) is 6.65. The summed E-state index contributed by atoms with van der Waals surface area (Å²) in [6.45, 7) is 0. The van der Waals surface area contributed by atoms with Gasteiger partial charge in [0.15, 0.2) is 0 Å². The maximum absolute atomic E-state index is 12.8. The third-order valence-electron chi connectivity index (χ3n) is 2.57. The van der Waals surface area contributed by atoms with Gasteiger partial charge in [-0.15, -0.1) is 10.2 Å². The van der Waals surface area contributed by atoms with E-state index in [2.05, 4.69) is 31.2 Å². The highest BCUT2D eigenvalue weighted by Crippen LogP contribution is 2.38. The van der Waals surface area contributed by atoms with Crippen LogP contribution in [0.15, 0.2) is 16.6 Å². The standard InChI is InChI=1S/C10H4BrClF3N5S/c11-5-2-3(12)1-4(6(5)16)7-19-20-8(10(13,14)15)17-18-9(20)21-7/h1-2H,16H2. The molecule has 110 valence electrons. The van der Waals surface area contributed by atoms with E-state index in [1.54, 1.807) is 6.07 Å². The molecule has 0 fully saturated rings. The number of nitrogens with two attached hydrogens (primary N) is 1. The van der Waals surface area contributed by atoms with Gasteiger partial charge in [-0.3, -0.25) is 0 Å². The summed E-state index contributed by atoms with van der Waals surface area (Å²) in [4.78, 5) is 0.0211. The Morgan fingerprint density at radius 3 is 2.67 bits per heavy atom. The molecule has 5 nitrogen and oxygen atoms in total. The molecule has 11 heteroatoms. The van der Waals surface area contributed by atoms with Crippen molar-refractivity contribution in [1.82, 2.24) is 19.8 Å². The van der Waals surface area contributed by atoms with Crippen LogP contribution in [-0.2, 0) is 6.18 Å². The molecular weight excluding hydrogens is 395 g/mol. The Morgan fingerprint density at radius 2 is 2.00 bits per heavy atom. The maximum atomic E-state index is 12.8. The second kappa shape index (κ2) is 4.82. The van der Waals surface area contributed by atoms with Crippen molar-refractivity contribution in [2.45, 2.75) is 6.18 Å². The summed E-state index contributed by atoms with van der Waals surface area (Å²) < 4.78 is 39.5. The van der Waals surface area contributed by atoms with Crippen molar-refractivity contribution in [3.8, 4) is 10.6 Å². The molecule has 2 heterocycles. The van der Waals surface area contributed by atoms with Gasteiger partial charge in [-0.05, 0) is 28.1 Å². The van der Waals surface area contributed by atoms with E-state index in [1.807, 2.05) is 0 Å². The van der Waals surface area contributed by atoms with Crippen LogP contribution in [0.4, 0.5) is 18.9 Å². The number of anilines is 1. The average molecular weight is 399 g/mol. The lowest BCUT2D eigenvalue weighted by atomic mass is 10.2. The Morgan fingerprint density at radius 1 is 1.29 bits per heavy atom. The van der Waals surface area contributed by atoms with Crippen LogP contribution < -0.4 is 5.73 Å². The van der Waals surface area contributed by atoms with E-state index in [0.717, 1.165) is 11.3 Å². The average Bonchev–Trinajstić information content (AvgIpc) is 2.91. The van der Waals surface area contributed by atoms with Crippen molar-refractivity contribution in [1.29, 1.82) is 0 Å². The molecule has 0 saturated carbocycles. The molecule has 2 N–H and O–H groups in total. The molecule has 0 unspecified atom stereocenters. The quantitative estimate of drug-likeness (QED) is 0.632. The van der Waals surface area contributed by atoms with Gasteiger partial charge in [0.05, 0.1) is 5.69 Å². The van der Waals surface area contributed by atoms with E-state index in [4.69, 9.17) is 17.3 Å². The number of nitrogen functional groups attached to an aromatic ring is 1. The number of hydrogen-bond acceptors (Lipinski definition) is 5. The first-order valence-corrected chi connectivity index (χ1v) is 7.30. The third-order valence-corrected chi connectivity index (χ3v) is 4.38. The van der Waals surface area contributed by atoms with E-state index in [-0.39, 0.29) is 9.97 Å². The minimum Gasteiger partial charge on any atom is -0.397 e. The molecule has 0 saturated heterocycles. The van der Waals surface area contributed by atoms with Gasteiger partial charge < -0.3 is 5.73 Å². The van der Waals surface area contributed by atoms with Crippen molar-refractivity contribution in [3.63, 3.8) is 0 Å². The lowest BCUT2D eigenvalue weighted by molar-refractivity contribution is -0.146. The van der Waals surface area contributed by atoms with Crippen LogP contribution in [0.2, 0.25) is 5.02 Å². The van der Waals surface area contributed by atoms with E-state index in [0.29, 0.717) is 25.3 Å². The number of alkyl halides is 3. The van der Waals surface area contributed by atoms with E-state index < -0.39 is 12.0 Å². The van der Waals surface area contributed by atoms with Crippen molar-refractivity contribution in [2.75, 3.05) is 5.73 Å². The first kappa shape index (κ1) is 14.5. The van der Waals surface area contributed by atoms with Gasteiger partial charge in [-0.2, -0.15) is 22.8 Å². The summed E-state index contributed by atoms with van der Waals surface area (Å²) in [7, 11) is 0. The van der Waals surface area contributed by atoms with Gasteiger partial charge >= 0.3 is 6.18 Å². The molecule has 0 bridgehead atoms. The molecular formula is C10H4BrClF3N5S. The lowest BCUT2D eigenvalue weighted by Crippen LogP contribution is -2.11. The van der Waals surface area contributed by atoms with Crippen LogP contribution in [-0.4, -0.2) is 19.8 Å².